The van der Waals surface area contributed by atoms with Crippen molar-refractivity contribution in [3.05, 3.63) is 29.7 Å². The van der Waals surface area contributed by atoms with Gasteiger partial charge in [0.2, 0.25) is 0 Å². The molecule has 0 unspecified atom stereocenters. The molecule has 2 rings (SSSR count). The Morgan fingerprint density at radius 2 is 2.31 bits per heavy atom. The van der Waals surface area contributed by atoms with Crippen LogP contribution in [0.3, 0.4) is 0 Å². The Morgan fingerprint density at radius 3 is 2.94 bits per heavy atom. The van der Waals surface area contributed by atoms with Crippen molar-refractivity contribution in [3.63, 3.8) is 0 Å². The molecule has 0 saturated carbocycles. The lowest BCUT2D eigenvalue weighted by molar-refractivity contribution is 0.112. The Balaban J connectivity index is 2.74. The molecule has 4 heteroatoms. The third-order valence-electron chi connectivity index (χ3n) is 2.52. The quantitative estimate of drug-likeness (QED) is 0.738. The molecule has 0 aromatic carbocycles. The molecule has 84 valence electrons. The van der Waals surface area contributed by atoms with E-state index in [0.717, 1.165) is 30.5 Å². The Kier molecular flexibility index (Phi) is 2.90. The number of aryl methyl sites for hydroxylation is 1. The summed E-state index contributed by atoms with van der Waals surface area (Å²) in [5, 5.41) is 0. The van der Waals surface area contributed by atoms with Crippen LogP contribution >= 0.6 is 0 Å². The number of aromatic nitrogens is 2. The molecule has 0 bridgehead atoms. The lowest BCUT2D eigenvalue weighted by Gasteiger charge is -2.06. The average molecular weight is 218 g/mol. The highest BCUT2D eigenvalue weighted by atomic mass is 16.5. The number of rotatable bonds is 4. The monoisotopic (exact) mass is 218 g/mol. The van der Waals surface area contributed by atoms with Crippen LogP contribution in [-0.2, 0) is 6.42 Å². The van der Waals surface area contributed by atoms with Crippen molar-refractivity contribution in [1.82, 2.24) is 9.38 Å². The zero-order valence-corrected chi connectivity index (χ0v) is 9.43. The maximum absolute atomic E-state index is 10.9. The Morgan fingerprint density at radius 1 is 1.50 bits per heavy atom. The van der Waals surface area contributed by atoms with Crippen LogP contribution in [0, 0.1) is 0 Å². The van der Waals surface area contributed by atoms with Gasteiger partial charge < -0.3 is 4.74 Å². The molecule has 0 aliphatic heterocycles. The lowest BCUT2D eigenvalue weighted by Crippen LogP contribution is -1.98. The van der Waals surface area contributed by atoms with Crippen molar-refractivity contribution in [3.8, 4) is 5.88 Å². The summed E-state index contributed by atoms with van der Waals surface area (Å²) >= 11 is 0. The fourth-order valence-electron chi connectivity index (χ4n) is 1.84. The van der Waals surface area contributed by atoms with E-state index in [4.69, 9.17) is 4.74 Å². The molecule has 0 N–H and O–H groups in total. The molecule has 4 nitrogen and oxygen atoms in total. The molecule has 0 radical (unpaired) electrons. The van der Waals surface area contributed by atoms with Gasteiger partial charge in [0.15, 0.2) is 12.2 Å². The molecule has 0 aliphatic carbocycles. The molecular formula is C12H14N2O2. The maximum atomic E-state index is 10.9. The van der Waals surface area contributed by atoms with E-state index in [1.807, 2.05) is 22.6 Å². The first-order valence-corrected chi connectivity index (χ1v) is 5.31. The predicted molar refractivity (Wildman–Crippen MR) is 61.1 cm³/mol. The lowest BCUT2D eigenvalue weighted by atomic mass is 10.3. The van der Waals surface area contributed by atoms with E-state index in [2.05, 4.69) is 11.9 Å². The van der Waals surface area contributed by atoms with Crippen LogP contribution in [0.2, 0.25) is 0 Å². The highest BCUT2D eigenvalue weighted by molar-refractivity contribution is 5.84. The molecule has 0 amide bonds. The third kappa shape index (κ3) is 1.56. The van der Waals surface area contributed by atoms with Crippen LogP contribution in [0.4, 0.5) is 0 Å². The van der Waals surface area contributed by atoms with E-state index in [1.165, 1.54) is 0 Å². The minimum atomic E-state index is 0.474. The fraction of sp³-hybridized carbons (Fsp3) is 0.333. The van der Waals surface area contributed by atoms with Crippen LogP contribution in [0.25, 0.3) is 5.52 Å². The second-order valence-electron chi connectivity index (χ2n) is 3.57. The van der Waals surface area contributed by atoms with Crippen molar-refractivity contribution in [2.45, 2.75) is 19.8 Å². The number of fused-ring (bicyclic) bond motifs is 1. The van der Waals surface area contributed by atoms with E-state index in [0.29, 0.717) is 11.6 Å². The SMILES string of the molecule is CCCc1nc(C=O)c2cccc(OC)n12. The molecule has 2 aromatic heterocycles. The number of hydrogen-bond acceptors (Lipinski definition) is 3. The minimum Gasteiger partial charge on any atom is -0.482 e. The van der Waals surface area contributed by atoms with Crippen molar-refractivity contribution in [2.75, 3.05) is 7.11 Å². The van der Waals surface area contributed by atoms with Gasteiger partial charge in [-0.3, -0.25) is 9.20 Å². The summed E-state index contributed by atoms with van der Waals surface area (Å²) in [6.45, 7) is 2.08. The summed E-state index contributed by atoms with van der Waals surface area (Å²) in [4.78, 5) is 15.2. The van der Waals surface area contributed by atoms with Gasteiger partial charge in [0, 0.05) is 6.42 Å². The van der Waals surface area contributed by atoms with E-state index < -0.39 is 0 Å². The summed E-state index contributed by atoms with van der Waals surface area (Å²) in [5.74, 6) is 1.58. The average Bonchev–Trinajstić information content (AvgIpc) is 2.68. The molecule has 0 saturated heterocycles. The van der Waals surface area contributed by atoms with Crippen LogP contribution < -0.4 is 4.74 Å². The van der Waals surface area contributed by atoms with Crippen LogP contribution in [0.5, 0.6) is 5.88 Å². The molecular weight excluding hydrogens is 204 g/mol. The number of carbonyl (C=O) groups excluding carboxylic acids is 1. The minimum absolute atomic E-state index is 0.474. The largest absolute Gasteiger partial charge is 0.482 e. The molecule has 0 spiro atoms. The standard InChI is InChI=1S/C12H14N2O2/c1-3-5-11-13-9(8-15)10-6-4-7-12(16-2)14(10)11/h4,6-8H,3,5H2,1-2H3. The zero-order chi connectivity index (χ0) is 11.5. The van der Waals surface area contributed by atoms with Gasteiger partial charge in [-0.15, -0.1) is 0 Å². The van der Waals surface area contributed by atoms with E-state index in [-0.39, 0.29) is 0 Å². The van der Waals surface area contributed by atoms with Crippen molar-refractivity contribution in [2.24, 2.45) is 0 Å². The second-order valence-corrected chi connectivity index (χ2v) is 3.57. The smallest absolute Gasteiger partial charge is 0.199 e. The number of ether oxygens (including phenoxy) is 1. The summed E-state index contributed by atoms with van der Waals surface area (Å²) in [6, 6.07) is 5.60. The summed E-state index contributed by atoms with van der Waals surface area (Å²) in [5.41, 5.74) is 1.28. The number of aldehydes is 1. The molecule has 16 heavy (non-hydrogen) atoms. The van der Waals surface area contributed by atoms with Gasteiger partial charge in [0.25, 0.3) is 0 Å². The number of hydrogen-bond donors (Lipinski definition) is 0. The fourth-order valence-corrected chi connectivity index (χ4v) is 1.84. The van der Waals surface area contributed by atoms with Crippen LogP contribution in [-0.4, -0.2) is 22.8 Å². The van der Waals surface area contributed by atoms with Gasteiger partial charge in [-0.1, -0.05) is 13.0 Å². The normalized spacial score (nSPS) is 10.6. The Bertz CT molecular complexity index is 517. The number of methoxy groups -OCH3 is 1. The number of pyridine rings is 1. The van der Waals surface area contributed by atoms with Crippen LogP contribution in [0.1, 0.15) is 29.7 Å². The Hall–Kier alpha value is -1.84. The zero-order valence-electron chi connectivity index (χ0n) is 9.43. The second kappa shape index (κ2) is 4.35. The first kappa shape index (κ1) is 10.7. The van der Waals surface area contributed by atoms with Gasteiger partial charge in [0.1, 0.15) is 11.5 Å². The predicted octanol–water partition coefficient (Wildman–Crippen LogP) is 2.11. The van der Waals surface area contributed by atoms with Crippen molar-refractivity contribution < 1.29 is 9.53 Å². The summed E-state index contributed by atoms with van der Waals surface area (Å²) in [7, 11) is 1.62. The van der Waals surface area contributed by atoms with Gasteiger partial charge in [-0.2, -0.15) is 0 Å². The number of carbonyl (C=O) groups is 1. The molecule has 2 aromatic rings. The number of imidazole rings is 1. The highest BCUT2D eigenvalue weighted by Crippen LogP contribution is 2.20. The molecule has 0 atom stereocenters. The van der Waals surface area contributed by atoms with E-state index in [9.17, 15) is 4.79 Å². The first-order valence-electron chi connectivity index (χ1n) is 5.31. The van der Waals surface area contributed by atoms with Crippen LogP contribution in [0.15, 0.2) is 18.2 Å². The molecule has 0 aliphatic rings. The van der Waals surface area contributed by atoms with Gasteiger partial charge >= 0.3 is 0 Å². The molecule has 0 fully saturated rings. The van der Waals surface area contributed by atoms with Crippen molar-refractivity contribution in [1.29, 1.82) is 0 Å². The number of nitrogens with zero attached hydrogens (tertiary/aromatic N) is 2. The third-order valence-corrected chi connectivity index (χ3v) is 2.52. The van der Waals surface area contributed by atoms with Gasteiger partial charge in [-0.25, -0.2) is 4.98 Å². The molecule has 2 heterocycles. The van der Waals surface area contributed by atoms with Gasteiger partial charge in [0.05, 0.1) is 12.6 Å². The Labute approximate surface area is 93.9 Å². The summed E-state index contributed by atoms with van der Waals surface area (Å²) in [6.07, 6.45) is 2.60. The topological polar surface area (TPSA) is 43.6 Å². The van der Waals surface area contributed by atoms with E-state index in [1.54, 1.807) is 7.11 Å². The maximum Gasteiger partial charge on any atom is 0.199 e. The highest BCUT2D eigenvalue weighted by Gasteiger charge is 2.12. The van der Waals surface area contributed by atoms with Gasteiger partial charge in [-0.05, 0) is 18.6 Å². The van der Waals surface area contributed by atoms with Crippen molar-refractivity contribution >= 4 is 11.8 Å². The summed E-state index contributed by atoms with van der Waals surface area (Å²) < 4.78 is 7.18. The van der Waals surface area contributed by atoms with E-state index >= 15 is 0 Å². The first-order chi connectivity index (χ1) is 7.81.